The van der Waals surface area contributed by atoms with Gasteiger partial charge in [0.25, 0.3) is 0 Å². The third-order valence-electron chi connectivity index (χ3n) is 2.41. The van der Waals surface area contributed by atoms with Gasteiger partial charge in [-0.15, -0.1) is 12.6 Å². The summed E-state index contributed by atoms with van der Waals surface area (Å²) < 4.78 is 6.00. The third kappa shape index (κ3) is 14.2. The second kappa shape index (κ2) is 13.3. The van der Waals surface area contributed by atoms with Crippen LogP contribution in [0, 0.1) is 0 Å². The van der Waals surface area contributed by atoms with Crippen molar-refractivity contribution in [2.45, 2.75) is 51.9 Å². The predicted octanol–water partition coefficient (Wildman–Crippen LogP) is 3.56. The molecular formula is C12H25NOS2. The fourth-order valence-electron chi connectivity index (χ4n) is 1.49. The molecule has 96 valence electrons. The van der Waals surface area contributed by atoms with E-state index in [1.54, 1.807) is 0 Å². The first kappa shape index (κ1) is 16.2. The smallest absolute Gasteiger partial charge is 0.130 e. The molecule has 1 N–H and O–H groups in total. The van der Waals surface area contributed by atoms with Crippen LogP contribution < -0.4 is 5.32 Å². The molecule has 0 aliphatic carbocycles. The lowest BCUT2D eigenvalue weighted by molar-refractivity contribution is 0.134. The summed E-state index contributed by atoms with van der Waals surface area (Å²) in [6, 6.07) is 0. The highest BCUT2D eigenvalue weighted by Gasteiger charge is 1.92. The quantitative estimate of drug-likeness (QED) is 0.338. The van der Waals surface area contributed by atoms with Crippen molar-refractivity contribution in [1.29, 1.82) is 0 Å². The highest BCUT2D eigenvalue weighted by molar-refractivity contribution is 8.11. The van der Waals surface area contributed by atoms with Crippen molar-refractivity contribution >= 4 is 29.2 Å². The number of thiol groups is 1. The summed E-state index contributed by atoms with van der Waals surface area (Å²) in [5.74, 6) is 0. The molecular weight excluding hydrogens is 238 g/mol. The number of hydrogen-bond acceptors (Lipinski definition) is 2. The second-order valence-electron chi connectivity index (χ2n) is 3.97. The summed E-state index contributed by atoms with van der Waals surface area (Å²) in [6.45, 7) is 4.60. The Bertz CT molecular complexity index is 165. The van der Waals surface area contributed by atoms with E-state index in [0.717, 1.165) is 19.8 Å². The maximum atomic E-state index is 5.46. The largest absolute Gasteiger partial charge is 0.380 e. The van der Waals surface area contributed by atoms with E-state index in [4.69, 9.17) is 17.0 Å². The van der Waals surface area contributed by atoms with E-state index >= 15 is 0 Å². The SMILES string of the molecule is CCCCCCCCCOCCNC(=S)S. The molecule has 0 amide bonds. The van der Waals surface area contributed by atoms with Crippen molar-refractivity contribution in [3.8, 4) is 0 Å². The van der Waals surface area contributed by atoms with Gasteiger partial charge in [-0.05, 0) is 6.42 Å². The van der Waals surface area contributed by atoms with E-state index in [0.29, 0.717) is 4.32 Å². The zero-order valence-electron chi connectivity index (χ0n) is 10.3. The zero-order valence-corrected chi connectivity index (χ0v) is 12.0. The van der Waals surface area contributed by atoms with Crippen molar-refractivity contribution < 1.29 is 4.74 Å². The van der Waals surface area contributed by atoms with Gasteiger partial charge >= 0.3 is 0 Å². The van der Waals surface area contributed by atoms with Crippen LogP contribution in [0.5, 0.6) is 0 Å². The molecule has 0 spiro atoms. The molecule has 16 heavy (non-hydrogen) atoms. The van der Waals surface area contributed by atoms with E-state index in [-0.39, 0.29) is 0 Å². The Morgan fingerprint density at radius 1 is 1.06 bits per heavy atom. The van der Waals surface area contributed by atoms with Crippen LogP contribution in [0.2, 0.25) is 0 Å². The Kier molecular flexibility index (Phi) is 13.4. The maximum absolute atomic E-state index is 5.46. The molecule has 0 aromatic heterocycles. The molecule has 2 nitrogen and oxygen atoms in total. The molecule has 0 radical (unpaired) electrons. The van der Waals surface area contributed by atoms with Gasteiger partial charge in [0.15, 0.2) is 0 Å². The first-order chi connectivity index (χ1) is 7.77. The van der Waals surface area contributed by atoms with Crippen molar-refractivity contribution in [3.63, 3.8) is 0 Å². The molecule has 0 bridgehead atoms. The summed E-state index contributed by atoms with van der Waals surface area (Å²) in [5.41, 5.74) is 0. The van der Waals surface area contributed by atoms with Gasteiger partial charge < -0.3 is 10.1 Å². The van der Waals surface area contributed by atoms with E-state index in [2.05, 4.69) is 24.9 Å². The molecule has 0 aliphatic rings. The molecule has 0 rings (SSSR count). The van der Waals surface area contributed by atoms with Gasteiger partial charge in [0.1, 0.15) is 4.32 Å². The summed E-state index contributed by atoms with van der Waals surface area (Å²) >= 11 is 8.73. The average molecular weight is 263 g/mol. The minimum Gasteiger partial charge on any atom is -0.380 e. The highest BCUT2D eigenvalue weighted by atomic mass is 32.1. The standard InChI is InChI=1S/C12H25NOS2/c1-2-3-4-5-6-7-8-10-14-11-9-13-12(15)16/h2-11H2,1H3,(H2,13,15,16). The van der Waals surface area contributed by atoms with Crippen LogP contribution in [0.3, 0.4) is 0 Å². The van der Waals surface area contributed by atoms with E-state index in [1.807, 2.05) is 0 Å². The van der Waals surface area contributed by atoms with Crippen LogP contribution in [-0.4, -0.2) is 24.1 Å². The minimum absolute atomic E-state index is 0.541. The first-order valence-corrected chi connectivity index (χ1v) is 7.17. The van der Waals surface area contributed by atoms with Crippen molar-refractivity contribution in [1.82, 2.24) is 5.32 Å². The van der Waals surface area contributed by atoms with Gasteiger partial charge in [0.05, 0.1) is 6.61 Å². The zero-order chi connectivity index (χ0) is 12.1. The van der Waals surface area contributed by atoms with Crippen molar-refractivity contribution in [3.05, 3.63) is 0 Å². The number of hydrogen-bond donors (Lipinski definition) is 2. The van der Waals surface area contributed by atoms with E-state index in [9.17, 15) is 0 Å². The van der Waals surface area contributed by atoms with Crippen LogP contribution in [0.1, 0.15) is 51.9 Å². The lowest BCUT2D eigenvalue weighted by Gasteiger charge is -2.05. The summed E-state index contributed by atoms with van der Waals surface area (Å²) in [6.07, 6.45) is 9.29. The van der Waals surface area contributed by atoms with Gasteiger partial charge in [-0.3, -0.25) is 0 Å². The number of nitrogens with one attached hydrogen (secondary N) is 1. The van der Waals surface area contributed by atoms with Gasteiger partial charge in [-0.25, -0.2) is 0 Å². The van der Waals surface area contributed by atoms with Gasteiger partial charge in [-0.1, -0.05) is 57.7 Å². The normalized spacial score (nSPS) is 10.4. The van der Waals surface area contributed by atoms with Crippen LogP contribution in [0.4, 0.5) is 0 Å². The molecule has 0 heterocycles. The summed E-state index contributed by atoms with van der Waals surface area (Å²) in [7, 11) is 0. The maximum Gasteiger partial charge on any atom is 0.130 e. The molecule has 0 saturated carbocycles. The molecule has 0 aromatic rings. The highest BCUT2D eigenvalue weighted by Crippen LogP contribution is 2.06. The average Bonchev–Trinajstić information content (AvgIpc) is 2.25. The van der Waals surface area contributed by atoms with Crippen LogP contribution in [0.15, 0.2) is 0 Å². The van der Waals surface area contributed by atoms with E-state index in [1.165, 1.54) is 44.9 Å². The van der Waals surface area contributed by atoms with Gasteiger partial charge in [-0.2, -0.15) is 0 Å². The van der Waals surface area contributed by atoms with Crippen LogP contribution in [-0.2, 0) is 4.74 Å². The fourth-order valence-corrected chi connectivity index (χ4v) is 1.71. The topological polar surface area (TPSA) is 21.3 Å². The molecule has 0 unspecified atom stereocenters. The summed E-state index contributed by atoms with van der Waals surface area (Å²) in [4.78, 5) is 0. The summed E-state index contributed by atoms with van der Waals surface area (Å²) in [5, 5.41) is 2.94. The minimum atomic E-state index is 0.541. The lowest BCUT2D eigenvalue weighted by Crippen LogP contribution is -2.21. The Balaban J connectivity index is 2.90. The van der Waals surface area contributed by atoms with Crippen LogP contribution in [0.25, 0.3) is 0 Å². The number of unbranched alkanes of at least 4 members (excludes halogenated alkanes) is 6. The van der Waals surface area contributed by atoms with Crippen molar-refractivity contribution in [2.24, 2.45) is 0 Å². The molecule has 0 aliphatic heterocycles. The first-order valence-electron chi connectivity index (χ1n) is 6.32. The molecule has 0 aromatic carbocycles. The second-order valence-corrected chi connectivity index (χ2v) is 5.12. The monoisotopic (exact) mass is 263 g/mol. The van der Waals surface area contributed by atoms with Gasteiger partial charge in [0, 0.05) is 13.2 Å². The molecule has 4 heteroatoms. The van der Waals surface area contributed by atoms with Gasteiger partial charge in [0.2, 0.25) is 0 Å². The van der Waals surface area contributed by atoms with Crippen LogP contribution >= 0.6 is 24.8 Å². The van der Waals surface area contributed by atoms with Crippen molar-refractivity contribution in [2.75, 3.05) is 19.8 Å². The molecule has 0 saturated heterocycles. The number of ether oxygens (including phenoxy) is 1. The number of rotatable bonds is 11. The lowest BCUT2D eigenvalue weighted by atomic mass is 10.1. The Morgan fingerprint density at radius 2 is 1.69 bits per heavy atom. The Labute approximate surface area is 111 Å². The predicted molar refractivity (Wildman–Crippen MR) is 78.4 cm³/mol. The number of thiocarbonyl (C=S) groups is 1. The third-order valence-corrected chi connectivity index (χ3v) is 2.72. The molecule has 0 atom stereocenters. The molecule has 0 fully saturated rings. The Hall–Kier alpha value is 0.200. The van der Waals surface area contributed by atoms with E-state index < -0.39 is 0 Å². The Morgan fingerprint density at radius 3 is 2.31 bits per heavy atom. The fraction of sp³-hybridized carbons (Fsp3) is 0.917.